The van der Waals surface area contributed by atoms with Gasteiger partial charge in [0.2, 0.25) is 11.8 Å². The highest BCUT2D eigenvalue weighted by Gasteiger charge is 2.11. The van der Waals surface area contributed by atoms with Crippen LogP contribution in [0.2, 0.25) is 0 Å². The fraction of sp³-hybridized carbons (Fsp3) is 0.300. The minimum absolute atomic E-state index is 0.0371. The second-order valence-electron chi connectivity index (χ2n) is 3.39. The predicted octanol–water partition coefficient (Wildman–Crippen LogP) is -0.822. The lowest BCUT2D eigenvalue weighted by molar-refractivity contribution is -0.122. The molecule has 0 saturated heterocycles. The van der Waals surface area contributed by atoms with Crippen LogP contribution in [-0.2, 0) is 16.1 Å². The zero-order valence-corrected chi connectivity index (χ0v) is 9.05. The molecule has 1 aromatic heterocycles. The van der Waals surface area contributed by atoms with Gasteiger partial charge < -0.3 is 20.7 Å². The van der Waals surface area contributed by atoms with Gasteiger partial charge in [0.25, 0.3) is 0 Å². The van der Waals surface area contributed by atoms with Gasteiger partial charge in [-0.05, 0) is 12.1 Å². The van der Waals surface area contributed by atoms with Gasteiger partial charge in [0, 0.05) is 19.2 Å². The third-order valence-corrected chi connectivity index (χ3v) is 2.06. The number of hydrogen-bond donors (Lipinski definition) is 3. The smallest absolute Gasteiger partial charge is 0.352 e. The highest BCUT2D eigenvalue weighted by Crippen LogP contribution is 2.01. The average molecular weight is 239 g/mol. The number of nitrogens with one attached hydrogen (secondary N) is 1. The minimum Gasteiger partial charge on any atom is -0.477 e. The van der Waals surface area contributed by atoms with Crippen LogP contribution in [0, 0.1) is 0 Å². The number of carbonyl (C=O) groups excluding carboxylic acids is 2. The molecule has 0 aliphatic carbocycles. The van der Waals surface area contributed by atoms with Gasteiger partial charge in [0.1, 0.15) is 12.2 Å². The summed E-state index contributed by atoms with van der Waals surface area (Å²) in [5, 5.41) is 11.3. The Morgan fingerprint density at radius 1 is 1.41 bits per heavy atom. The second-order valence-corrected chi connectivity index (χ2v) is 3.39. The number of aromatic carboxylic acids is 1. The van der Waals surface area contributed by atoms with E-state index in [1.54, 1.807) is 6.07 Å². The number of carboxylic acid groups (broad SMARTS) is 1. The highest BCUT2D eigenvalue weighted by molar-refractivity contribution is 5.87. The van der Waals surface area contributed by atoms with Crippen molar-refractivity contribution in [2.24, 2.45) is 5.73 Å². The lowest BCUT2D eigenvalue weighted by atomic mass is 10.4. The molecule has 0 unspecified atom stereocenters. The summed E-state index contributed by atoms with van der Waals surface area (Å²) in [4.78, 5) is 32.6. The van der Waals surface area contributed by atoms with Crippen LogP contribution >= 0.6 is 0 Å². The van der Waals surface area contributed by atoms with Crippen LogP contribution < -0.4 is 11.1 Å². The second kappa shape index (κ2) is 5.69. The van der Waals surface area contributed by atoms with Gasteiger partial charge >= 0.3 is 5.97 Å². The summed E-state index contributed by atoms with van der Waals surface area (Å²) in [6.07, 6.45) is 1.56. The lowest BCUT2D eigenvalue weighted by Crippen LogP contribution is -2.31. The molecule has 0 atom stereocenters. The number of nitrogens with two attached hydrogens (primary N) is 1. The molecule has 7 nitrogen and oxygen atoms in total. The average Bonchev–Trinajstić information content (AvgIpc) is 2.65. The number of nitrogens with zero attached hydrogens (tertiary/aromatic N) is 1. The zero-order chi connectivity index (χ0) is 12.8. The summed E-state index contributed by atoms with van der Waals surface area (Å²) in [6, 6.07) is 2.94. The summed E-state index contributed by atoms with van der Waals surface area (Å²) in [5.74, 6) is -1.97. The minimum atomic E-state index is -1.10. The third kappa shape index (κ3) is 3.98. The number of carboxylic acids is 1. The van der Waals surface area contributed by atoms with Crippen molar-refractivity contribution in [2.45, 2.75) is 13.0 Å². The van der Waals surface area contributed by atoms with E-state index in [4.69, 9.17) is 10.8 Å². The Labute approximate surface area is 97.2 Å². The van der Waals surface area contributed by atoms with Crippen LogP contribution in [0.5, 0.6) is 0 Å². The highest BCUT2D eigenvalue weighted by atomic mass is 16.4. The first-order valence-electron chi connectivity index (χ1n) is 4.94. The predicted molar refractivity (Wildman–Crippen MR) is 58.2 cm³/mol. The molecule has 1 rings (SSSR count). The Balaban J connectivity index is 2.48. The topological polar surface area (TPSA) is 114 Å². The number of primary amides is 1. The molecule has 0 bridgehead atoms. The summed E-state index contributed by atoms with van der Waals surface area (Å²) in [6.45, 7) is 0.0469. The first-order chi connectivity index (χ1) is 8.00. The first kappa shape index (κ1) is 12.8. The lowest BCUT2D eigenvalue weighted by Gasteiger charge is -2.06. The molecule has 17 heavy (non-hydrogen) atoms. The molecule has 0 aliphatic heterocycles. The molecule has 0 aromatic carbocycles. The fourth-order valence-electron chi connectivity index (χ4n) is 1.28. The van der Waals surface area contributed by atoms with Crippen molar-refractivity contribution in [1.29, 1.82) is 0 Å². The van der Waals surface area contributed by atoms with E-state index in [0.717, 1.165) is 0 Å². The van der Waals surface area contributed by atoms with Crippen LogP contribution in [0.3, 0.4) is 0 Å². The van der Waals surface area contributed by atoms with Gasteiger partial charge in [-0.15, -0.1) is 0 Å². The maximum atomic E-state index is 11.4. The standard InChI is InChI=1S/C10H13N3O4/c11-8(14)3-4-12-9(15)6-13-5-1-2-7(13)10(16)17/h1-2,5H,3-4,6H2,(H2,11,14)(H,12,15)(H,16,17). The van der Waals surface area contributed by atoms with Crippen LogP contribution in [0.15, 0.2) is 18.3 Å². The molecule has 0 spiro atoms. The van der Waals surface area contributed by atoms with Crippen molar-refractivity contribution in [3.63, 3.8) is 0 Å². The zero-order valence-electron chi connectivity index (χ0n) is 9.05. The van der Waals surface area contributed by atoms with E-state index < -0.39 is 11.9 Å². The monoisotopic (exact) mass is 239 g/mol. The van der Waals surface area contributed by atoms with Gasteiger partial charge in [-0.2, -0.15) is 0 Å². The van der Waals surface area contributed by atoms with E-state index in [1.807, 2.05) is 0 Å². The fourth-order valence-corrected chi connectivity index (χ4v) is 1.28. The number of carbonyl (C=O) groups is 3. The van der Waals surface area contributed by atoms with Crippen molar-refractivity contribution >= 4 is 17.8 Å². The van der Waals surface area contributed by atoms with Gasteiger partial charge in [0.15, 0.2) is 0 Å². The molecule has 0 radical (unpaired) electrons. The van der Waals surface area contributed by atoms with E-state index >= 15 is 0 Å². The molecule has 2 amide bonds. The summed E-state index contributed by atoms with van der Waals surface area (Å²) in [7, 11) is 0. The van der Waals surface area contributed by atoms with E-state index in [1.165, 1.54) is 16.8 Å². The molecule has 1 heterocycles. The summed E-state index contributed by atoms with van der Waals surface area (Å²) in [5.41, 5.74) is 4.94. The van der Waals surface area contributed by atoms with Gasteiger partial charge in [0.05, 0.1) is 0 Å². The Hall–Kier alpha value is -2.31. The molecular formula is C10H13N3O4. The third-order valence-electron chi connectivity index (χ3n) is 2.06. The molecule has 92 valence electrons. The molecule has 0 aliphatic rings. The number of amides is 2. The van der Waals surface area contributed by atoms with E-state index in [2.05, 4.69) is 5.32 Å². The van der Waals surface area contributed by atoms with Crippen molar-refractivity contribution < 1.29 is 19.5 Å². The van der Waals surface area contributed by atoms with E-state index in [-0.39, 0.29) is 31.1 Å². The SMILES string of the molecule is NC(=O)CCNC(=O)Cn1cccc1C(=O)O. The van der Waals surface area contributed by atoms with Crippen molar-refractivity contribution in [1.82, 2.24) is 9.88 Å². The molecule has 0 fully saturated rings. The van der Waals surface area contributed by atoms with Gasteiger partial charge in [-0.25, -0.2) is 4.79 Å². The normalized spacial score (nSPS) is 9.88. The maximum Gasteiger partial charge on any atom is 0.352 e. The molecule has 4 N–H and O–H groups in total. The van der Waals surface area contributed by atoms with Crippen LogP contribution in [0.1, 0.15) is 16.9 Å². The number of aromatic nitrogens is 1. The Kier molecular flexibility index (Phi) is 4.27. The Bertz CT molecular complexity index is 439. The van der Waals surface area contributed by atoms with Crippen LogP contribution in [0.25, 0.3) is 0 Å². The Morgan fingerprint density at radius 2 is 2.12 bits per heavy atom. The quantitative estimate of drug-likeness (QED) is 0.601. The van der Waals surface area contributed by atoms with Crippen molar-refractivity contribution in [3.05, 3.63) is 24.0 Å². The number of hydrogen-bond acceptors (Lipinski definition) is 3. The molecular weight excluding hydrogens is 226 g/mol. The van der Waals surface area contributed by atoms with E-state index in [9.17, 15) is 14.4 Å². The summed E-state index contributed by atoms with van der Waals surface area (Å²) < 4.78 is 1.31. The maximum absolute atomic E-state index is 11.4. The first-order valence-corrected chi connectivity index (χ1v) is 4.94. The van der Waals surface area contributed by atoms with E-state index in [0.29, 0.717) is 0 Å². The largest absolute Gasteiger partial charge is 0.477 e. The number of rotatable bonds is 6. The molecule has 0 saturated carbocycles. The summed E-state index contributed by atoms with van der Waals surface area (Å²) >= 11 is 0. The molecule has 1 aromatic rings. The van der Waals surface area contributed by atoms with Crippen molar-refractivity contribution in [2.75, 3.05) is 6.54 Å². The molecule has 7 heteroatoms. The van der Waals surface area contributed by atoms with Gasteiger partial charge in [-0.1, -0.05) is 0 Å². The van der Waals surface area contributed by atoms with Crippen LogP contribution in [-0.4, -0.2) is 34.0 Å². The van der Waals surface area contributed by atoms with Crippen LogP contribution in [0.4, 0.5) is 0 Å². The van der Waals surface area contributed by atoms with Gasteiger partial charge in [-0.3, -0.25) is 9.59 Å². The van der Waals surface area contributed by atoms with Crippen molar-refractivity contribution in [3.8, 4) is 0 Å². The Morgan fingerprint density at radius 3 is 2.71 bits per heavy atom.